The summed E-state index contributed by atoms with van der Waals surface area (Å²) in [5, 5.41) is 10.8. The van der Waals surface area contributed by atoms with Gasteiger partial charge in [0.05, 0.1) is 24.5 Å². The first-order valence-corrected chi connectivity index (χ1v) is 10.5. The van der Waals surface area contributed by atoms with Crippen LogP contribution in [0.4, 0.5) is 0 Å². The van der Waals surface area contributed by atoms with E-state index in [0.29, 0.717) is 12.2 Å². The van der Waals surface area contributed by atoms with Crippen LogP contribution in [-0.4, -0.2) is 75.8 Å². The van der Waals surface area contributed by atoms with Crippen molar-refractivity contribution in [2.45, 2.75) is 43.9 Å². The van der Waals surface area contributed by atoms with Crippen LogP contribution >= 0.6 is 0 Å². The number of aliphatic hydroxyl groups excluding tert-OH is 1. The Kier molecular flexibility index (Phi) is 6.16. The lowest BCUT2D eigenvalue weighted by Crippen LogP contribution is -2.43. The molecule has 0 spiro atoms. The molecule has 1 aromatic heterocycles. The number of carbonyl (C=O) groups excluding carboxylic acids is 1. The van der Waals surface area contributed by atoms with Crippen molar-refractivity contribution in [1.82, 2.24) is 19.4 Å². The highest BCUT2D eigenvalue weighted by Gasteiger charge is 2.39. The lowest BCUT2D eigenvalue weighted by atomic mass is 10.1. The van der Waals surface area contributed by atoms with Crippen molar-refractivity contribution < 1.29 is 14.6 Å². The zero-order valence-corrected chi connectivity index (χ0v) is 17.0. The van der Waals surface area contributed by atoms with Gasteiger partial charge in [0.1, 0.15) is 12.4 Å². The summed E-state index contributed by atoms with van der Waals surface area (Å²) in [5.41, 5.74) is 0.609. The van der Waals surface area contributed by atoms with Crippen LogP contribution in [0, 0.1) is 0 Å². The molecule has 1 saturated heterocycles. The number of nitrogens with zero attached hydrogens (tertiary/aromatic N) is 4. The second-order valence-corrected chi connectivity index (χ2v) is 8.05. The number of likely N-dealkylation sites (N-methyl/N-ethyl adjacent to an activating group) is 1. The topological polar surface area (TPSA) is 70.8 Å². The van der Waals surface area contributed by atoms with Crippen molar-refractivity contribution in [2.24, 2.45) is 0 Å². The summed E-state index contributed by atoms with van der Waals surface area (Å²) >= 11 is 0. The van der Waals surface area contributed by atoms with Gasteiger partial charge < -0.3 is 19.3 Å². The third-order valence-electron chi connectivity index (χ3n) is 6.25. The quantitative estimate of drug-likeness (QED) is 0.774. The molecular weight excluding hydrogens is 368 g/mol. The molecule has 0 unspecified atom stereocenters. The fraction of sp³-hybridized carbons (Fsp3) is 0.545. The van der Waals surface area contributed by atoms with E-state index >= 15 is 0 Å². The Labute approximate surface area is 171 Å². The van der Waals surface area contributed by atoms with Crippen LogP contribution in [-0.2, 0) is 0 Å². The van der Waals surface area contributed by atoms with Gasteiger partial charge in [0, 0.05) is 31.5 Å². The molecule has 0 radical (unpaired) electrons. The molecule has 0 bridgehead atoms. The van der Waals surface area contributed by atoms with E-state index in [0.717, 1.165) is 38.2 Å². The predicted octanol–water partition coefficient (Wildman–Crippen LogP) is 2.19. The molecule has 1 saturated carbocycles. The van der Waals surface area contributed by atoms with Gasteiger partial charge in [-0.3, -0.25) is 9.69 Å². The molecule has 7 heteroatoms. The monoisotopic (exact) mass is 398 g/mol. The Hall–Kier alpha value is -2.38. The maximum Gasteiger partial charge on any atom is 0.253 e. The minimum atomic E-state index is -0.605. The Morgan fingerprint density at radius 2 is 2.00 bits per heavy atom. The van der Waals surface area contributed by atoms with E-state index in [1.165, 1.54) is 12.8 Å². The van der Waals surface area contributed by atoms with Crippen LogP contribution < -0.4 is 4.74 Å². The first-order valence-electron chi connectivity index (χ1n) is 10.5. The lowest BCUT2D eigenvalue weighted by molar-refractivity contribution is 0.0443. The second-order valence-electron chi connectivity index (χ2n) is 8.05. The molecule has 2 aromatic rings. The Morgan fingerprint density at radius 3 is 2.69 bits per heavy atom. The van der Waals surface area contributed by atoms with Crippen molar-refractivity contribution in [3.63, 3.8) is 0 Å². The Bertz CT molecular complexity index is 787. The van der Waals surface area contributed by atoms with E-state index in [2.05, 4.69) is 9.88 Å². The van der Waals surface area contributed by atoms with Gasteiger partial charge in [0.25, 0.3) is 5.91 Å². The number of carbonyl (C=O) groups is 1. The zero-order valence-electron chi connectivity index (χ0n) is 17.0. The van der Waals surface area contributed by atoms with Gasteiger partial charge in [-0.25, -0.2) is 4.98 Å². The molecule has 1 N–H and O–H groups in total. The number of aromatic nitrogens is 2. The number of ether oxygens (including phenoxy) is 1. The summed E-state index contributed by atoms with van der Waals surface area (Å²) in [6, 6.07) is 7.07. The fourth-order valence-corrected chi connectivity index (χ4v) is 4.50. The standard InChI is InChI=1S/C22H30N4O3/c1-24(19-8-9-20(21(19)27)26-13-10-23-16-26)22(28)17-4-6-18(7-5-17)29-15-14-25-11-2-3-12-25/h4-7,10,13,16,19-21,27H,2-3,8-9,11-12,14-15H2,1H3/t19-,20-,21-/m1/s1. The predicted molar refractivity (Wildman–Crippen MR) is 110 cm³/mol. The number of benzene rings is 1. The largest absolute Gasteiger partial charge is 0.492 e. The van der Waals surface area contributed by atoms with Gasteiger partial charge >= 0.3 is 0 Å². The molecular formula is C22H30N4O3. The van der Waals surface area contributed by atoms with Crippen LogP contribution in [0.3, 0.4) is 0 Å². The number of aliphatic hydroxyl groups is 1. The first-order chi connectivity index (χ1) is 14.1. The molecule has 1 amide bonds. The molecule has 4 rings (SSSR count). The number of rotatable bonds is 7. The van der Waals surface area contributed by atoms with E-state index in [-0.39, 0.29) is 18.0 Å². The van der Waals surface area contributed by atoms with Crippen LogP contribution in [0.1, 0.15) is 42.1 Å². The number of likely N-dealkylation sites (tertiary alicyclic amines) is 1. The highest BCUT2D eigenvalue weighted by atomic mass is 16.5. The minimum Gasteiger partial charge on any atom is -0.492 e. The molecule has 3 atom stereocenters. The molecule has 1 aromatic carbocycles. The summed E-state index contributed by atoms with van der Waals surface area (Å²) in [5.74, 6) is 0.702. The molecule has 1 aliphatic heterocycles. The van der Waals surface area contributed by atoms with Crippen molar-refractivity contribution in [3.05, 3.63) is 48.5 Å². The third kappa shape index (κ3) is 4.46. The van der Waals surface area contributed by atoms with Crippen molar-refractivity contribution in [2.75, 3.05) is 33.3 Å². The minimum absolute atomic E-state index is 0.0378. The highest BCUT2D eigenvalue weighted by Crippen LogP contribution is 2.33. The van der Waals surface area contributed by atoms with E-state index in [4.69, 9.17) is 4.74 Å². The van der Waals surface area contributed by atoms with Gasteiger partial charge in [0.15, 0.2) is 0 Å². The summed E-state index contributed by atoms with van der Waals surface area (Å²) in [6.07, 6.45) is 8.84. The lowest BCUT2D eigenvalue weighted by Gasteiger charge is -2.29. The van der Waals surface area contributed by atoms with Crippen molar-refractivity contribution in [3.8, 4) is 5.75 Å². The average Bonchev–Trinajstić information content (AvgIpc) is 3.49. The van der Waals surface area contributed by atoms with Crippen LogP contribution in [0.2, 0.25) is 0 Å². The van der Waals surface area contributed by atoms with E-state index in [9.17, 15) is 9.90 Å². The number of hydrogen-bond donors (Lipinski definition) is 1. The van der Waals surface area contributed by atoms with Crippen molar-refractivity contribution >= 4 is 5.91 Å². The van der Waals surface area contributed by atoms with Gasteiger partial charge in [-0.1, -0.05) is 0 Å². The highest BCUT2D eigenvalue weighted by molar-refractivity contribution is 5.94. The smallest absolute Gasteiger partial charge is 0.253 e. The second kappa shape index (κ2) is 8.97. The third-order valence-corrected chi connectivity index (χ3v) is 6.25. The molecule has 1 aliphatic carbocycles. The summed E-state index contributed by atoms with van der Waals surface area (Å²) < 4.78 is 7.75. The molecule has 156 valence electrons. The first kappa shape index (κ1) is 19.9. The zero-order chi connectivity index (χ0) is 20.2. The fourth-order valence-electron chi connectivity index (χ4n) is 4.50. The average molecular weight is 399 g/mol. The van der Waals surface area contributed by atoms with Crippen LogP contribution in [0.15, 0.2) is 43.0 Å². The van der Waals surface area contributed by atoms with E-state index < -0.39 is 6.10 Å². The number of imidazole rings is 1. The van der Waals surface area contributed by atoms with Gasteiger partial charge in [-0.15, -0.1) is 0 Å². The summed E-state index contributed by atoms with van der Waals surface area (Å²) in [4.78, 5) is 21.1. The van der Waals surface area contributed by atoms with Crippen molar-refractivity contribution in [1.29, 1.82) is 0 Å². The molecule has 2 fully saturated rings. The Balaban J connectivity index is 1.31. The molecule has 29 heavy (non-hydrogen) atoms. The number of hydrogen-bond acceptors (Lipinski definition) is 5. The SMILES string of the molecule is CN(C(=O)c1ccc(OCCN2CCCC2)cc1)[C@@H]1CC[C@@H](n2ccnc2)[C@@H]1O. The van der Waals surface area contributed by atoms with E-state index in [1.807, 2.05) is 22.9 Å². The maximum atomic E-state index is 12.9. The van der Waals surface area contributed by atoms with Crippen LogP contribution in [0.5, 0.6) is 5.75 Å². The molecule has 2 aliphatic rings. The normalized spacial score (nSPS) is 24.7. The van der Waals surface area contributed by atoms with Crippen LogP contribution in [0.25, 0.3) is 0 Å². The van der Waals surface area contributed by atoms with Gasteiger partial charge in [0.2, 0.25) is 0 Å². The molecule has 2 heterocycles. The number of amides is 1. The Morgan fingerprint density at radius 1 is 1.24 bits per heavy atom. The molecule has 7 nitrogen and oxygen atoms in total. The van der Waals surface area contributed by atoms with Gasteiger partial charge in [-0.2, -0.15) is 0 Å². The van der Waals surface area contributed by atoms with Gasteiger partial charge in [-0.05, 0) is 63.0 Å². The summed E-state index contributed by atoms with van der Waals surface area (Å²) in [6.45, 7) is 3.94. The maximum absolute atomic E-state index is 12.9. The van der Waals surface area contributed by atoms with E-state index in [1.54, 1.807) is 36.6 Å². The summed E-state index contributed by atoms with van der Waals surface area (Å²) in [7, 11) is 1.77.